The molecule has 1 aromatic heterocycles. The summed E-state index contributed by atoms with van der Waals surface area (Å²) in [5.74, 6) is 0.881. The summed E-state index contributed by atoms with van der Waals surface area (Å²) in [7, 11) is 0. The average molecular weight is 261 g/mol. The molecule has 1 amide bonds. The maximum atomic E-state index is 12.0. The zero-order chi connectivity index (χ0) is 13.7. The molecular formula is C15H23N3O. The Morgan fingerprint density at radius 1 is 1.37 bits per heavy atom. The van der Waals surface area contributed by atoms with Crippen molar-refractivity contribution >= 4 is 5.91 Å². The molecule has 1 aliphatic rings. The molecule has 2 rings (SSSR count). The summed E-state index contributed by atoms with van der Waals surface area (Å²) in [4.78, 5) is 20.4. The first kappa shape index (κ1) is 14.0. The van der Waals surface area contributed by atoms with Crippen LogP contribution in [0.1, 0.15) is 57.0 Å². The second kappa shape index (κ2) is 6.13. The Labute approximate surface area is 115 Å². The van der Waals surface area contributed by atoms with E-state index in [1.54, 1.807) is 6.20 Å². The van der Waals surface area contributed by atoms with Crippen molar-refractivity contribution in [1.82, 2.24) is 15.3 Å². The van der Waals surface area contributed by atoms with Crippen LogP contribution in [0.3, 0.4) is 0 Å². The highest BCUT2D eigenvalue weighted by atomic mass is 16.1. The van der Waals surface area contributed by atoms with Crippen LogP contribution in [0.2, 0.25) is 0 Å². The summed E-state index contributed by atoms with van der Waals surface area (Å²) in [5.41, 5.74) is 1.07. The lowest BCUT2D eigenvalue weighted by atomic mass is 9.73. The first-order chi connectivity index (χ1) is 9.07. The van der Waals surface area contributed by atoms with Crippen molar-refractivity contribution in [3.63, 3.8) is 0 Å². The summed E-state index contributed by atoms with van der Waals surface area (Å²) >= 11 is 0. The quantitative estimate of drug-likeness (QED) is 0.906. The first-order valence-electron chi connectivity index (χ1n) is 7.13. The predicted molar refractivity (Wildman–Crippen MR) is 74.4 cm³/mol. The number of nitrogens with zero attached hydrogens (tertiary/aromatic N) is 2. The second-order valence-corrected chi connectivity index (χ2v) is 5.92. The third-order valence-corrected chi connectivity index (χ3v) is 3.95. The third kappa shape index (κ3) is 4.30. The summed E-state index contributed by atoms with van der Waals surface area (Å²) < 4.78 is 0. The minimum atomic E-state index is 0.140. The molecule has 1 heterocycles. The van der Waals surface area contributed by atoms with Gasteiger partial charge in [0.1, 0.15) is 5.82 Å². The van der Waals surface area contributed by atoms with Gasteiger partial charge in [-0.05, 0) is 31.2 Å². The van der Waals surface area contributed by atoms with Crippen LogP contribution < -0.4 is 5.32 Å². The smallest absolute Gasteiger partial charge is 0.220 e. The monoisotopic (exact) mass is 261 g/mol. The lowest BCUT2D eigenvalue weighted by molar-refractivity contribution is -0.123. The van der Waals surface area contributed by atoms with E-state index >= 15 is 0 Å². The van der Waals surface area contributed by atoms with Crippen LogP contribution in [0.25, 0.3) is 0 Å². The Morgan fingerprint density at radius 2 is 2.11 bits per heavy atom. The molecule has 0 saturated heterocycles. The number of hydrogen-bond donors (Lipinski definition) is 1. The van der Waals surface area contributed by atoms with Crippen molar-refractivity contribution in [2.45, 2.75) is 58.9 Å². The van der Waals surface area contributed by atoms with Gasteiger partial charge in [-0.25, -0.2) is 9.97 Å². The average Bonchev–Trinajstić information content (AvgIpc) is 2.37. The fourth-order valence-corrected chi connectivity index (χ4v) is 2.82. The molecular weight excluding hydrogens is 238 g/mol. The fraction of sp³-hybridized carbons (Fsp3) is 0.667. The molecule has 0 unspecified atom stereocenters. The molecule has 0 aliphatic heterocycles. The van der Waals surface area contributed by atoms with E-state index in [9.17, 15) is 4.79 Å². The van der Waals surface area contributed by atoms with Gasteiger partial charge in [-0.2, -0.15) is 0 Å². The summed E-state index contributed by atoms with van der Waals surface area (Å²) in [6.45, 7) is 4.59. The molecule has 4 heteroatoms. The maximum Gasteiger partial charge on any atom is 0.220 e. The van der Waals surface area contributed by atoms with E-state index in [1.807, 2.05) is 13.0 Å². The van der Waals surface area contributed by atoms with Crippen LogP contribution in [-0.2, 0) is 11.3 Å². The molecule has 1 aromatic rings. The number of amides is 1. The van der Waals surface area contributed by atoms with Crippen LogP contribution in [0.5, 0.6) is 0 Å². The number of carbonyl (C=O) groups is 1. The highest BCUT2D eigenvalue weighted by molar-refractivity contribution is 5.76. The van der Waals surface area contributed by atoms with Crippen LogP contribution in [0, 0.1) is 12.3 Å². The Balaban J connectivity index is 1.81. The molecule has 104 valence electrons. The number of hydrogen-bond acceptors (Lipinski definition) is 3. The molecule has 4 nitrogen and oxygen atoms in total. The van der Waals surface area contributed by atoms with Crippen molar-refractivity contribution in [3.05, 3.63) is 23.8 Å². The largest absolute Gasteiger partial charge is 0.350 e. The molecule has 0 aromatic carbocycles. The molecule has 1 aliphatic carbocycles. The van der Waals surface area contributed by atoms with Gasteiger partial charge < -0.3 is 5.32 Å². The van der Waals surface area contributed by atoms with Crippen molar-refractivity contribution in [2.75, 3.05) is 0 Å². The van der Waals surface area contributed by atoms with Gasteiger partial charge in [0.05, 0.1) is 12.2 Å². The Morgan fingerprint density at radius 3 is 2.79 bits per heavy atom. The van der Waals surface area contributed by atoms with Crippen molar-refractivity contribution in [2.24, 2.45) is 5.41 Å². The van der Waals surface area contributed by atoms with Crippen LogP contribution in [0.4, 0.5) is 0 Å². The van der Waals surface area contributed by atoms with Gasteiger partial charge in [0.15, 0.2) is 0 Å². The van der Waals surface area contributed by atoms with Gasteiger partial charge in [0, 0.05) is 12.6 Å². The van der Waals surface area contributed by atoms with Crippen LogP contribution >= 0.6 is 0 Å². The van der Waals surface area contributed by atoms with Crippen molar-refractivity contribution in [3.8, 4) is 0 Å². The lowest BCUT2D eigenvalue weighted by Crippen LogP contribution is -2.31. The van der Waals surface area contributed by atoms with Gasteiger partial charge in [0.2, 0.25) is 5.91 Å². The highest BCUT2D eigenvalue weighted by Crippen LogP contribution is 2.38. The molecule has 0 bridgehead atoms. The standard InChI is InChI=1S/C15H23N3O/c1-12-16-9-6-13(18-12)11-17-14(19)10-15(2)7-4-3-5-8-15/h6,9H,3-5,7-8,10-11H2,1-2H3,(H,17,19). The topological polar surface area (TPSA) is 54.9 Å². The molecule has 0 radical (unpaired) electrons. The number of nitrogens with one attached hydrogen (secondary N) is 1. The van der Waals surface area contributed by atoms with Gasteiger partial charge in [-0.15, -0.1) is 0 Å². The second-order valence-electron chi connectivity index (χ2n) is 5.92. The minimum Gasteiger partial charge on any atom is -0.350 e. The van der Waals surface area contributed by atoms with E-state index in [0.717, 1.165) is 11.5 Å². The molecule has 19 heavy (non-hydrogen) atoms. The van der Waals surface area contributed by atoms with E-state index in [-0.39, 0.29) is 11.3 Å². The van der Waals surface area contributed by atoms with E-state index in [0.29, 0.717) is 13.0 Å². The van der Waals surface area contributed by atoms with E-state index in [2.05, 4.69) is 22.2 Å². The Kier molecular flexibility index (Phi) is 4.51. The normalized spacial score (nSPS) is 18.0. The zero-order valence-corrected chi connectivity index (χ0v) is 11.9. The zero-order valence-electron chi connectivity index (χ0n) is 11.9. The van der Waals surface area contributed by atoms with Gasteiger partial charge in [-0.3, -0.25) is 4.79 Å². The highest BCUT2D eigenvalue weighted by Gasteiger charge is 2.29. The Bertz CT molecular complexity index is 439. The summed E-state index contributed by atoms with van der Waals surface area (Å²) in [6, 6.07) is 1.84. The first-order valence-corrected chi connectivity index (χ1v) is 7.13. The molecule has 1 saturated carbocycles. The molecule has 0 spiro atoms. The van der Waals surface area contributed by atoms with Crippen LogP contribution in [0.15, 0.2) is 12.3 Å². The van der Waals surface area contributed by atoms with E-state index < -0.39 is 0 Å². The maximum absolute atomic E-state index is 12.0. The van der Waals surface area contributed by atoms with Crippen molar-refractivity contribution in [1.29, 1.82) is 0 Å². The third-order valence-electron chi connectivity index (χ3n) is 3.95. The van der Waals surface area contributed by atoms with Gasteiger partial charge in [0.25, 0.3) is 0 Å². The van der Waals surface area contributed by atoms with Gasteiger partial charge in [-0.1, -0.05) is 26.2 Å². The number of rotatable bonds is 4. The van der Waals surface area contributed by atoms with Crippen molar-refractivity contribution < 1.29 is 4.79 Å². The number of carbonyl (C=O) groups excluding carboxylic acids is 1. The minimum absolute atomic E-state index is 0.140. The summed E-state index contributed by atoms with van der Waals surface area (Å²) in [6.07, 6.45) is 8.55. The van der Waals surface area contributed by atoms with Gasteiger partial charge >= 0.3 is 0 Å². The van der Waals surface area contributed by atoms with E-state index in [4.69, 9.17) is 0 Å². The van der Waals surface area contributed by atoms with Crippen LogP contribution in [-0.4, -0.2) is 15.9 Å². The lowest BCUT2D eigenvalue weighted by Gasteiger charge is -2.32. The molecule has 0 atom stereocenters. The predicted octanol–water partition coefficient (Wildman–Crippen LogP) is 2.76. The molecule has 1 fully saturated rings. The Hall–Kier alpha value is -1.45. The summed E-state index contributed by atoms with van der Waals surface area (Å²) in [5, 5.41) is 2.97. The fourth-order valence-electron chi connectivity index (χ4n) is 2.82. The van der Waals surface area contributed by atoms with E-state index in [1.165, 1.54) is 32.1 Å². The molecule has 1 N–H and O–H groups in total. The number of aromatic nitrogens is 2. The SMILES string of the molecule is Cc1nccc(CNC(=O)CC2(C)CCCCC2)n1. The number of aryl methyl sites for hydroxylation is 1.